The normalized spacial score (nSPS) is 12.4. The van der Waals surface area contributed by atoms with Gasteiger partial charge in [-0.25, -0.2) is 0 Å². The predicted molar refractivity (Wildman–Crippen MR) is 215 cm³/mol. The maximum atomic E-state index is 4.02. The van der Waals surface area contributed by atoms with Crippen molar-refractivity contribution in [3.63, 3.8) is 0 Å². The van der Waals surface area contributed by atoms with Crippen molar-refractivity contribution < 1.29 is 0 Å². The lowest BCUT2D eigenvalue weighted by atomic mass is 9.95. The molecule has 4 heteroatoms. The monoisotopic (exact) mass is 650 g/mol. The highest BCUT2D eigenvalue weighted by Gasteiger charge is 2.26. The third-order valence-corrected chi connectivity index (χ3v) is 11.3. The molecule has 0 unspecified atom stereocenters. The summed E-state index contributed by atoms with van der Waals surface area (Å²) < 4.78 is 2.62. The number of H-pyrrole nitrogens is 3. The molecule has 0 radical (unpaired) electrons. The molecule has 10 aromatic rings. The Balaban J connectivity index is 1.44. The van der Waals surface area contributed by atoms with Gasteiger partial charge in [0.25, 0.3) is 0 Å². The van der Waals surface area contributed by atoms with Crippen LogP contribution in [0.2, 0.25) is 0 Å². The molecule has 0 saturated carbocycles. The Bertz CT molecular complexity index is 2900. The molecule has 0 aliphatic rings. The molecule has 4 heterocycles. The predicted octanol–water partition coefficient (Wildman–Crippen LogP) is 13.2. The number of rotatable bonds is 9. The van der Waals surface area contributed by atoms with E-state index in [2.05, 4.69) is 136 Å². The molecule has 0 aliphatic carbocycles. The van der Waals surface area contributed by atoms with E-state index in [4.69, 9.17) is 0 Å². The number of hydrogen-bond acceptors (Lipinski definition) is 0. The summed E-state index contributed by atoms with van der Waals surface area (Å²) in [7, 11) is 0. The third kappa shape index (κ3) is 4.17. The van der Waals surface area contributed by atoms with E-state index in [9.17, 15) is 0 Å². The van der Waals surface area contributed by atoms with E-state index < -0.39 is 0 Å². The molecule has 246 valence electrons. The third-order valence-electron chi connectivity index (χ3n) is 11.3. The number of fused-ring (bicyclic) bond motifs is 12. The van der Waals surface area contributed by atoms with E-state index >= 15 is 0 Å². The van der Waals surface area contributed by atoms with Gasteiger partial charge in [-0.05, 0) is 67.1 Å². The molecule has 0 saturated heterocycles. The Morgan fingerprint density at radius 3 is 1.64 bits per heavy atom. The molecule has 0 amide bonds. The number of hydrogen-bond donors (Lipinski definition) is 3. The first kappa shape index (κ1) is 29.4. The largest absolute Gasteiger partial charge is 0.354 e. The number of nitrogens with one attached hydrogen (secondary N) is 3. The van der Waals surface area contributed by atoms with Crippen LogP contribution in [0.25, 0.3) is 92.9 Å². The van der Waals surface area contributed by atoms with Crippen LogP contribution in [0, 0.1) is 0 Å². The maximum Gasteiger partial charge on any atom is 0.0804 e. The van der Waals surface area contributed by atoms with Crippen LogP contribution in [-0.4, -0.2) is 19.5 Å². The molecule has 0 aliphatic heterocycles. The fraction of sp³-hybridized carbons (Fsp3) is 0.217. The number of unbranched alkanes of at least 4 members (excludes halogenated alkanes) is 4. The lowest BCUT2D eigenvalue weighted by Crippen LogP contribution is -2.00. The van der Waals surface area contributed by atoms with Crippen LogP contribution in [0.5, 0.6) is 0 Å². The summed E-state index contributed by atoms with van der Waals surface area (Å²) in [5.41, 5.74) is 14.0. The zero-order valence-corrected chi connectivity index (χ0v) is 28.9. The average Bonchev–Trinajstić information content (AvgIpc) is 3.91. The van der Waals surface area contributed by atoms with Gasteiger partial charge in [0.05, 0.1) is 33.3 Å². The molecule has 4 aromatic heterocycles. The van der Waals surface area contributed by atoms with Crippen LogP contribution < -0.4 is 0 Å². The summed E-state index contributed by atoms with van der Waals surface area (Å²) in [5, 5.41) is 10.5. The van der Waals surface area contributed by atoms with Gasteiger partial charge in [-0.1, -0.05) is 112 Å². The number of benzene rings is 6. The summed E-state index contributed by atoms with van der Waals surface area (Å²) in [6.45, 7) is 4.60. The van der Waals surface area contributed by atoms with Crippen molar-refractivity contribution in [1.82, 2.24) is 19.5 Å². The second-order valence-electron chi connectivity index (χ2n) is 14.3. The fourth-order valence-corrected chi connectivity index (χ4v) is 9.09. The quantitative estimate of drug-likeness (QED) is 0.130. The van der Waals surface area contributed by atoms with Gasteiger partial charge in [0, 0.05) is 59.6 Å². The lowest BCUT2D eigenvalue weighted by Gasteiger charge is -2.16. The number of para-hydroxylation sites is 4. The molecule has 0 spiro atoms. The molecule has 0 bridgehead atoms. The summed E-state index contributed by atoms with van der Waals surface area (Å²) in [4.78, 5) is 11.9. The van der Waals surface area contributed by atoms with Crippen molar-refractivity contribution in [3.05, 3.63) is 114 Å². The van der Waals surface area contributed by atoms with Crippen LogP contribution in [0.15, 0.2) is 103 Å². The standard InChI is InChI=1S/C46H42N4/c1-3-5-7-21-32-40-31-20-12-16-26-38(31)50(39(40)27-34-28-17-9-13-23-35(28)47-43(32)34)46-42-30-19-11-15-25-37(30)48-44(42)33(22-8-6-4-2)41-29-18-10-14-24-36(29)49-45(41)46/h9-20,23-27,47-49H,3-8,21-22H2,1-2H3. The van der Waals surface area contributed by atoms with E-state index in [0.717, 1.165) is 12.8 Å². The summed E-state index contributed by atoms with van der Waals surface area (Å²) in [6, 6.07) is 38.2. The second-order valence-corrected chi connectivity index (χ2v) is 14.3. The Labute approximate surface area is 291 Å². The number of aromatic nitrogens is 4. The van der Waals surface area contributed by atoms with E-state index in [1.165, 1.54) is 143 Å². The van der Waals surface area contributed by atoms with Gasteiger partial charge in [0.1, 0.15) is 0 Å². The number of nitrogens with zero attached hydrogens (tertiary/aromatic N) is 1. The summed E-state index contributed by atoms with van der Waals surface area (Å²) in [5.74, 6) is 0. The maximum absolute atomic E-state index is 4.02. The first-order valence-corrected chi connectivity index (χ1v) is 18.7. The topological polar surface area (TPSA) is 52.3 Å². The molecular formula is C46H42N4. The van der Waals surface area contributed by atoms with E-state index in [-0.39, 0.29) is 0 Å². The minimum Gasteiger partial charge on any atom is -0.354 e. The van der Waals surface area contributed by atoms with Crippen molar-refractivity contribution in [2.45, 2.75) is 65.2 Å². The molecular weight excluding hydrogens is 609 g/mol. The van der Waals surface area contributed by atoms with E-state index in [0.29, 0.717) is 0 Å². The summed E-state index contributed by atoms with van der Waals surface area (Å²) >= 11 is 0. The average molecular weight is 651 g/mol. The van der Waals surface area contributed by atoms with Gasteiger partial charge in [-0.2, -0.15) is 0 Å². The SMILES string of the molecule is CCCCCc1c2[nH]c3ccccc3c2c(-n2c3ccccc3c3c(CCCCC)c4[nH]c5ccccc5c4cc32)c2[nH]c3ccccc3c12. The molecule has 3 N–H and O–H groups in total. The first-order chi connectivity index (χ1) is 24.8. The van der Waals surface area contributed by atoms with Crippen LogP contribution in [0.3, 0.4) is 0 Å². The van der Waals surface area contributed by atoms with Crippen molar-refractivity contribution in [1.29, 1.82) is 0 Å². The van der Waals surface area contributed by atoms with Gasteiger partial charge < -0.3 is 19.5 Å². The van der Waals surface area contributed by atoms with Crippen molar-refractivity contribution >= 4 is 87.2 Å². The minimum atomic E-state index is 1.04. The summed E-state index contributed by atoms with van der Waals surface area (Å²) in [6.07, 6.45) is 9.28. The molecule has 0 fully saturated rings. The zero-order valence-electron chi connectivity index (χ0n) is 28.9. The van der Waals surface area contributed by atoms with Crippen LogP contribution in [0.4, 0.5) is 0 Å². The highest BCUT2D eigenvalue weighted by molar-refractivity contribution is 6.27. The molecule has 10 rings (SSSR count). The Morgan fingerprint density at radius 1 is 0.440 bits per heavy atom. The van der Waals surface area contributed by atoms with Crippen LogP contribution >= 0.6 is 0 Å². The molecule has 6 aromatic carbocycles. The fourth-order valence-electron chi connectivity index (χ4n) is 9.09. The molecule has 4 nitrogen and oxygen atoms in total. The van der Waals surface area contributed by atoms with Crippen molar-refractivity contribution in [3.8, 4) is 5.69 Å². The Hall–Kier alpha value is -5.48. The van der Waals surface area contributed by atoms with Crippen molar-refractivity contribution in [2.24, 2.45) is 0 Å². The van der Waals surface area contributed by atoms with Crippen LogP contribution in [-0.2, 0) is 12.8 Å². The highest BCUT2D eigenvalue weighted by atomic mass is 15.0. The Kier molecular flexibility index (Phi) is 6.80. The van der Waals surface area contributed by atoms with E-state index in [1.54, 1.807) is 0 Å². The molecule has 50 heavy (non-hydrogen) atoms. The zero-order chi connectivity index (χ0) is 33.3. The highest BCUT2D eigenvalue weighted by Crippen LogP contribution is 2.47. The Morgan fingerprint density at radius 2 is 0.960 bits per heavy atom. The van der Waals surface area contributed by atoms with Crippen LogP contribution in [0.1, 0.15) is 63.5 Å². The van der Waals surface area contributed by atoms with Gasteiger partial charge in [0.15, 0.2) is 0 Å². The van der Waals surface area contributed by atoms with Gasteiger partial charge in [-0.3, -0.25) is 0 Å². The molecule has 0 atom stereocenters. The van der Waals surface area contributed by atoms with E-state index in [1.807, 2.05) is 0 Å². The lowest BCUT2D eigenvalue weighted by molar-refractivity contribution is 0.721. The minimum absolute atomic E-state index is 1.04. The second kappa shape index (κ2) is 11.6. The van der Waals surface area contributed by atoms with Gasteiger partial charge in [0.2, 0.25) is 0 Å². The smallest absolute Gasteiger partial charge is 0.0804 e. The van der Waals surface area contributed by atoms with Gasteiger partial charge >= 0.3 is 0 Å². The van der Waals surface area contributed by atoms with Gasteiger partial charge in [-0.15, -0.1) is 0 Å². The first-order valence-electron chi connectivity index (χ1n) is 18.7. The van der Waals surface area contributed by atoms with Crippen molar-refractivity contribution in [2.75, 3.05) is 0 Å². The number of aromatic amines is 3. The number of aryl methyl sites for hydroxylation is 2.